The zero-order valence-electron chi connectivity index (χ0n) is 11.1. The van der Waals surface area contributed by atoms with Gasteiger partial charge in [0, 0.05) is 25.3 Å². The van der Waals surface area contributed by atoms with E-state index in [0.717, 1.165) is 25.7 Å². The molecular formula is C12H20N4O2S. The van der Waals surface area contributed by atoms with Crippen LogP contribution in [0.2, 0.25) is 0 Å². The molecule has 2 N–H and O–H groups in total. The van der Waals surface area contributed by atoms with Gasteiger partial charge in [-0.1, -0.05) is 0 Å². The molecule has 0 bridgehead atoms. The first kappa shape index (κ1) is 12.9. The Bertz CT molecular complexity index is 573. The van der Waals surface area contributed by atoms with E-state index in [0.29, 0.717) is 19.0 Å². The molecule has 2 saturated carbocycles. The molecular weight excluding hydrogens is 264 g/mol. The zero-order valence-corrected chi connectivity index (χ0v) is 11.9. The van der Waals surface area contributed by atoms with Crippen LogP contribution in [0.1, 0.15) is 32.6 Å². The average Bonchev–Trinajstić information content (AvgIpc) is 3.24. The van der Waals surface area contributed by atoms with Crippen LogP contribution < -0.4 is 5.73 Å². The van der Waals surface area contributed by atoms with Gasteiger partial charge in [-0.15, -0.1) is 0 Å². The number of sulfonamides is 1. The summed E-state index contributed by atoms with van der Waals surface area (Å²) < 4.78 is 28.7. The molecule has 1 heterocycles. The maximum atomic E-state index is 12.7. The van der Waals surface area contributed by atoms with Crippen LogP contribution in [0.3, 0.4) is 0 Å². The van der Waals surface area contributed by atoms with E-state index in [1.165, 1.54) is 0 Å². The van der Waals surface area contributed by atoms with Crippen molar-refractivity contribution in [3.63, 3.8) is 0 Å². The molecule has 0 spiro atoms. The third-order valence-corrected chi connectivity index (χ3v) is 5.69. The molecule has 0 aromatic carbocycles. The number of nitrogens with two attached hydrogens (primary N) is 1. The molecule has 0 aliphatic heterocycles. The second-order valence-corrected chi connectivity index (χ2v) is 7.34. The molecule has 7 heteroatoms. The molecule has 0 atom stereocenters. The number of hydrogen-bond donors (Lipinski definition) is 1. The Hall–Kier alpha value is -1.08. The van der Waals surface area contributed by atoms with E-state index in [4.69, 9.17) is 5.73 Å². The summed E-state index contributed by atoms with van der Waals surface area (Å²) in [6.07, 6.45) is 5.76. The minimum Gasteiger partial charge on any atom is -0.381 e. The van der Waals surface area contributed by atoms with Crippen molar-refractivity contribution in [1.29, 1.82) is 0 Å². The van der Waals surface area contributed by atoms with Crippen LogP contribution >= 0.6 is 0 Å². The lowest BCUT2D eigenvalue weighted by Crippen LogP contribution is -2.35. The quantitative estimate of drug-likeness (QED) is 0.846. The monoisotopic (exact) mass is 284 g/mol. The first-order chi connectivity index (χ1) is 9.02. The van der Waals surface area contributed by atoms with Gasteiger partial charge in [-0.2, -0.15) is 9.40 Å². The summed E-state index contributed by atoms with van der Waals surface area (Å²) in [7, 11) is -3.49. The van der Waals surface area contributed by atoms with Crippen molar-refractivity contribution in [2.45, 2.75) is 50.1 Å². The highest BCUT2D eigenvalue weighted by Crippen LogP contribution is 2.38. The molecule has 0 unspecified atom stereocenters. The van der Waals surface area contributed by atoms with Crippen LogP contribution in [-0.4, -0.2) is 35.1 Å². The van der Waals surface area contributed by atoms with E-state index in [1.807, 2.05) is 6.92 Å². The molecule has 0 radical (unpaired) electrons. The fourth-order valence-corrected chi connectivity index (χ4v) is 4.09. The highest BCUT2D eigenvalue weighted by atomic mass is 32.2. The number of anilines is 1. The van der Waals surface area contributed by atoms with Crippen LogP contribution in [0.15, 0.2) is 11.1 Å². The third-order valence-electron chi connectivity index (χ3n) is 3.75. The van der Waals surface area contributed by atoms with E-state index in [2.05, 4.69) is 5.10 Å². The summed E-state index contributed by atoms with van der Waals surface area (Å²) in [5, 5.41) is 4.04. The van der Waals surface area contributed by atoms with E-state index in [-0.39, 0.29) is 16.8 Å². The van der Waals surface area contributed by atoms with Gasteiger partial charge in [-0.3, -0.25) is 4.68 Å². The van der Waals surface area contributed by atoms with Gasteiger partial charge >= 0.3 is 0 Å². The molecule has 1 aromatic rings. The number of rotatable bonds is 6. The minimum absolute atomic E-state index is 0.114. The SMILES string of the molecule is CCn1cc(S(=O)(=O)N(CC2CC2)C2CC2)c(N)n1. The number of hydrogen-bond acceptors (Lipinski definition) is 4. The normalized spacial score (nSPS) is 20.1. The Kier molecular flexibility index (Phi) is 3.05. The number of nitrogens with zero attached hydrogens (tertiary/aromatic N) is 3. The maximum absolute atomic E-state index is 12.7. The summed E-state index contributed by atoms with van der Waals surface area (Å²) in [4.78, 5) is 0.168. The maximum Gasteiger partial charge on any atom is 0.248 e. The van der Waals surface area contributed by atoms with Gasteiger partial charge in [0.25, 0.3) is 0 Å². The Labute approximate surface area is 113 Å². The standard InChI is InChI=1S/C12H20N4O2S/c1-2-15-8-11(12(13)14-15)19(17,18)16(10-5-6-10)7-9-3-4-9/h8-10H,2-7H2,1H3,(H2,13,14). The lowest BCUT2D eigenvalue weighted by molar-refractivity contribution is 0.389. The summed E-state index contributed by atoms with van der Waals surface area (Å²) in [5.74, 6) is 0.654. The van der Waals surface area contributed by atoms with Gasteiger partial charge in [-0.05, 0) is 38.5 Å². The van der Waals surface area contributed by atoms with E-state index < -0.39 is 10.0 Å². The topological polar surface area (TPSA) is 81.2 Å². The van der Waals surface area contributed by atoms with Crippen LogP contribution in [-0.2, 0) is 16.6 Å². The molecule has 6 nitrogen and oxygen atoms in total. The van der Waals surface area contributed by atoms with Crippen molar-refractivity contribution in [3.05, 3.63) is 6.20 Å². The second kappa shape index (κ2) is 4.49. The van der Waals surface area contributed by atoms with E-state index in [9.17, 15) is 8.42 Å². The largest absolute Gasteiger partial charge is 0.381 e. The fraction of sp³-hybridized carbons (Fsp3) is 0.750. The summed E-state index contributed by atoms with van der Waals surface area (Å²) in [6.45, 7) is 3.17. The summed E-state index contributed by atoms with van der Waals surface area (Å²) in [5.41, 5.74) is 5.77. The number of nitrogen functional groups attached to an aromatic ring is 1. The Morgan fingerprint density at radius 1 is 1.42 bits per heavy atom. The van der Waals surface area contributed by atoms with Crippen molar-refractivity contribution in [2.24, 2.45) is 5.92 Å². The van der Waals surface area contributed by atoms with Crippen molar-refractivity contribution >= 4 is 15.8 Å². The van der Waals surface area contributed by atoms with Gasteiger partial charge in [0.05, 0.1) is 0 Å². The van der Waals surface area contributed by atoms with Gasteiger partial charge in [0.2, 0.25) is 10.0 Å². The van der Waals surface area contributed by atoms with Gasteiger partial charge in [0.15, 0.2) is 5.82 Å². The lowest BCUT2D eigenvalue weighted by Gasteiger charge is -2.21. The summed E-state index contributed by atoms with van der Waals surface area (Å²) in [6, 6.07) is 0.176. The number of aromatic nitrogens is 2. The fourth-order valence-electron chi connectivity index (χ4n) is 2.27. The number of aryl methyl sites for hydroxylation is 1. The molecule has 0 saturated heterocycles. The van der Waals surface area contributed by atoms with Crippen LogP contribution in [0.4, 0.5) is 5.82 Å². The zero-order chi connectivity index (χ0) is 13.6. The molecule has 106 valence electrons. The predicted octanol–water partition coefficient (Wildman–Crippen LogP) is 1.05. The van der Waals surface area contributed by atoms with E-state index in [1.54, 1.807) is 15.2 Å². The molecule has 2 aliphatic carbocycles. The summed E-state index contributed by atoms with van der Waals surface area (Å²) >= 11 is 0. The van der Waals surface area contributed by atoms with Gasteiger partial charge in [0.1, 0.15) is 4.90 Å². The molecule has 2 fully saturated rings. The average molecular weight is 284 g/mol. The first-order valence-corrected chi connectivity index (χ1v) is 8.31. The Balaban J connectivity index is 1.91. The van der Waals surface area contributed by atoms with Gasteiger partial charge < -0.3 is 5.73 Å². The molecule has 2 aliphatic rings. The van der Waals surface area contributed by atoms with Crippen LogP contribution in [0.25, 0.3) is 0 Å². The van der Waals surface area contributed by atoms with Crippen molar-refractivity contribution in [1.82, 2.24) is 14.1 Å². The molecule has 19 heavy (non-hydrogen) atoms. The molecule has 3 rings (SSSR count). The third kappa shape index (κ3) is 2.49. The molecule has 0 amide bonds. The van der Waals surface area contributed by atoms with Crippen LogP contribution in [0, 0.1) is 5.92 Å². The van der Waals surface area contributed by atoms with Crippen molar-refractivity contribution in [2.75, 3.05) is 12.3 Å². The minimum atomic E-state index is -3.49. The smallest absolute Gasteiger partial charge is 0.248 e. The van der Waals surface area contributed by atoms with Crippen LogP contribution in [0.5, 0.6) is 0 Å². The Morgan fingerprint density at radius 3 is 2.58 bits per heavy atom. The van der Waals surface area contributed by atoms with Crippen molar-refractivity contribution in [3.8, 4) is 0 Å². The van der Waals surface area contributed by atoms with Crippen molar-refractivity contribution < 1.29 is 8.42 Å². The van der Waals surface area contributed by atoms with Gasteiger partial charge in [-0.25, -0.2) is 8.42 Å². The molecule has 1 aromatic heterocycles. The Morgan fingerprint density at radius 2 is 2.11 bits per heavy atom. The highest BCUT2D eigenvalue weighted by molar-refractivity contribution is 7.89. The second-order valence-electron chi connectivity index (χ2n) is 5.48. The predicted molar refractivity (Wildman–Crippen MR) is 72.0 cm³/mol. The van der Waals surface area contributed by atoms with E-state index >= 15 is 0 Å². The lowest BCUT2D eigenvalue weighted by atomic mass is 10.4. The highest BCUT2D eigenvalue weighted by Gasteiger charge is 2.42. The first-order valence-electron chi connectivity index (χ1n) is 6.87.